The summed E-state index contributed by atoms with van der Waals surface area (Å²) in [6.07, 6.45) is 3.58. The molecule has 4 nitrogen and oxygen atoms in total. The smallest absolute Gasteiger partial charge is 0.164 e. The van der Waals surface area contributed by atoms with Crippen molar-refractivity contribution in [3.8, 4) is 0 Å². The molecule has 0 amide bonds. The first kappa shape index (κ1) is 18.2. The Labute approximate surface area is 131 Å². The number of allylic oxidation sites excluding steroid dienone is 4. The van der Waals surface area contributed by atoms with Crippen molar-refractivity contribution >= 4 is 23.1 Å². The third-order valence-corrected chi connectivity index (χ3v) is 3.93. The zero-order valence-corrected chi connectivity index (χ0v) is 14.2. The lowest BCUT2D eigenvalue weighted by Gasteiger charge is -2.25. The average molecular weight is 304 g/mol. The van der Waals surface area contributed by atoms with Crippen LogP contribution in [0.2, 0.25) is 0 Å². The largest absolute Gasteiger partial charge is 0.295 e. The van der Waals surface area contributed by atoms with Gasteiger partial charge in [0.05, 0.1) is 0 Å². The van der Waals surface area contributed by atoms with E-state index < -0.39 is 10.8 Å². The highest BCUT2D eigenvalue weighted by atomic mass is 16.1. The lowest BCUT2D eigenvalue weighted by Crippen LogP contribution is -2.31. The second-order valence-electron chi connectivity index (χ2n) is 7.37. The van der Waals surface area contributed by atoms with Gasteiger partial charge in [0.25, 0.3) is 0 Å². The van der Waals surface area contributed by atoms with Crippen LogP contribution in [0, 0.1) is 10.8 Å². The third kappa shape index (κ3) is 4.09. The van der Waals surface area contributed by atoms with Crippen molar-refractivity contribution in [3.63, 3.8) is 0 Å². The second kappa shape index (κ2) is 6.11. The minimum Gasteiger partial charge on any atom is -0.295 e. The van der Waals surface area contributed by atoms with E-state index >= 15 is 0 Å². The topological polar surface area (TPSA) is 68.3 Å². The van der Waals surface area contributed by atoms with E-state index in [1.165, 1.54) is 12.2 Å². The molecule has 2 aliphatic rings. The molecule has 0 radical (unpaired) electrons. The first-order valence-corrected chi connectivity index (χ1v) is 7.39. The van der Waals surface area contributed by atoms with Crippen molar-refractivity contribution in [2.75, 3.05) is 0 Å². The maximum absolute atomic E-state index is 11.4. The fourth-order valence-corrected chi connectivity index (χ4v) is 2.82. The van der Waals surface area contributed by atoms with E-state index in [0.29, 0.717) is 24.0 Å². The van der Waals surface area contributed by atoms with Crippen LogP contribution in [0.3, 0.4) is 0 Å². The summed E-state index contributed by atoms with van der Waals surface area (Å²) in [5, 5.41) is 0. The monoisotopic (exact) mass is 304 g/mol. The van der Waals surface area contributed by atoms with Gasteiger partial charge in [-0.05, 0) is 37.1 Å². The summed E-state index contributed by atoms with van der Waals surface area (Å²) in [6.45, 7) is 10.6. The molecule has 0 saturated heterocycles. The molecule has 120 valence electrons. The van der Waals surface area contributed by atoms with Crippen LogP contribution in [0.5, 0.6) is 0 Å². The molecule has 22 heavy (non-hydrogen) atoms. The van der Waals surface area contributed by atoms with Crippen molar-refractivity contribution in [3.05, 3.63) is 23.3 Å². The van der Waals surface area contributed by atoms with Gasteiger partial charge in [0.2, 0.25) is 0 Å². The van der Waals surface area contributed by atoms with Crippen molar-refractivity contribution < 1.29 is 19.2 Å². The maximum Gasteiger partial charge on any atom is 0.164 e. The van der Waals surface area contributed by atoms with Gasteiger partial charge in [0.1, 0.15) is 0 Å². The number of hydrogen-bond acceptors (Lipinski definition) is 4. The minimum atomic E-state index is -0.476. The zero-order valence-electron chi connectivity index (χ0n) is 14.2. The van der Waals surface area contributed by atoms with Gasteiger partial charge in [0, 0.05) is 23.7 Å². The first-order chi connectivity index (χ1) is 9.86. The Morgan fingerprint density at radius 1 is 0.682 bits per heavy atom. The molecule has 4 heteroatoms. The highest BCUT2D eigenvalue weighted by Crippen LogP contribution is 2.30. The highest BCUT2D eigenvalue weighted by Gasteiger charge is 2.34. The van der Waals surface area contributed by atoms with Crippen molar-refractivity contribution in [1.82, 2.24) is 0 Å². The summed E-state index contributed by atoms with van der Waals surface area (Å²) in [5.41, 5.74) is 0.226. The van der Waals surface area contributed by atoms with E-state index in [0.717, 1.165) is 0 Å². The van der Waals surface area contributed by atoms with E-state index in [-0.39, 0.29) is 23.1 Å². The van der Waals surface area contributed by atoms with E-state index in [1.54, 1.807) is 13.8 Å². The van der Waals surface area contributed by atoms with Crippen LogP contribution in [0.1, 0.15) is 54.4 Å². The van der Waals surface area contributed by atoms with E-state index in [2.05, 4.69) is 0 Å². The standard InChI is InChI=1S/2C9H12O2/c2*1-6-4-7(10)5-9(2,3)8(6)11/h2*4H,5H2,1-3H3. The Bertz CT molecular complexity index is 547. The molecule has 0 aliphatic heterocycles. The van der Waals surface area contributed by atoms with Gasteiger partial charge in [-0.15, -0.1) is 0 Å². The van der Waals surface area contributed by atoms with Gasteiger partial charge >= 0.3 is 0 Å². The van der Waals surface area contributed by atoms with Crippen LogP contribution in [0.25, 0.3) is 0 Å². The van der Waals surface area contributed by atoms with Gasteiger partial charge in [-0.3, -0.25) is 19.2 Å². The highest BCUT2D eigenvalue weighted by molar-refractivity contribution is 6.11. The first-order valence-electron chi connectivity index (χ1n) is 7.39. The van der Waals surface area contributed by atoms with Crippen LogP contribution in [-0.2, 0) is 19.2 Å². The molecule has 2 aliphatic carbocycles. The summed E-state index contributed by atoms with van der Waals surface area (Å²) in [7, 11) is 0. The number of rotatable bonds is 0. The molecule has 0 N–H and O–H groups in total. The Kier molecular flexibility index (Phi) is 5.06. The molecule has 0 heterocycles. The molecule has 0 spiro atoms. The zero-order chi connectivity index (χ0) is 17.3. The lowest BCUT2D eigenvalue weighted by atomic mass is 9.76. The summed E-state index contributed by atoms with van der Waals surface area (Å²) < 4.78 is 0. The van der Waals surface area contributed by atoms with Gasteiger partial charge in [-0.1, -0.05) is 27.7 Å². The summed E-state index contributed by atoms with van der Waals surface area (Å²) >= 11 is 0. The van der Waals surface area contributed by atoms with Crippen LogP contribution < -0.4 is 0 Å². The van der Waals surface area contributed by atoms with Gasteiger partial charge < -0.3 is 0 Å². The van der Waals surface area contributed by atoms with Crippen LogP contribution in [0.4, 0.5) is 0 Å². The van der Waals surface area contributed by atoms with Crippen molar-refractivity contribution in [2.45, 2.75) is 54.4 Å². The van der Waals surface area contributed by atoms with Crippen LogP contribution in [0.15, 0.2) is 23.3 Å². The minimum absolute atomic E-state index is 0.0621. The van der Waals surface area contributed by atoms with Crippen molar-refractivity contribution in [2.24, 2.45) is 10.8 Å². The summed E-state index contributed by atoms with van der Waals surface area (Å²) in [4.78, 5) is 44.8. The Hall–Kier alpha value is -1.84. The van der Waals surface area contributed by atoms with E-state index in [9.17, 15) is 19.2 Å². The Morgan fingerprint density at radius 2 is 0.955 bits per heavy atom. The molecule has 0 aromatic heterocycles. The van der Waals surface area contributed by atoms with Gasteiger partial charge in [0.15, 0.2) is 23.1 Å². The summed E-state index contributed by atoms with van der Waals surface area (Å²) in [6, 6.07) is 0. The fraction of sp³-hybridized carbons (Fsp3) is 0.556. The lowest BCUT2D eigenvalue weighted by molar-refractivity contribution is -0.129. The van der Waals surface area contributed by atoms with Gasteiger partial charge in [-0.25, -0.2) is 0 Å². The molecular weight excluding hydrogens is 280 g/mol. The Morgan fingerprint density at radius 3 is 1.18 bits per heavy atom. The molecular formula is C18H24O4. The fourth-order valence-electron chi connectivity index (χ4n) is 2.82. The third-order valence-electron chi connectivity index (χ3n) is 3.93. The normalized spacial score (nSPS) is 23.4. The van der Waals surface area contributed by atoms with Gasteiger partial charge in [-0.2, -0.15) is 0 Å². The molecule has 0 saturated carbocycles. The predicted molar refractivity (Wildman–Crippen MR) is 84.3 cm³/mol. The number of ketones is 4. The quantitative estimate of drug-likeness (QED) is 0.690. The molecule has 2 rings (SSSR count). The number of carbonyl (C=O) groups is 4. The second-order valence-corrected chi connectivity index (χ2v) is 7.37. The van der Waals surface area contributed by atoms with Crippen LogP contribution in [-0.4, -0.2) is 23.1 Å². The SMILES string of the molecule is CC1=CC(=O)CC(C)(C)C1=O.CC1=CC(=O)CC(C)(C)C1=O. The van der Waals surface area contributed by atoms with Crippen LogP contribution >= 0.6 is 0 Å². The molecule has 0 aromatic carbocycles. The number of carbonyl (C=O) groups excluding carboxylic acids is 4. The molecule has 0 unspecified atom stereocenters. The molecule has 0 aromatic rings. The van der Waals surface area contributed by atoms with Crippen molar-refractivity contribution in [1.29, 1.82) is 0 Å². The summed E-state index contributed by atoms with van der Waals surface area (Å²) in [5.74, 6) is 0.313. The average Bonchev–Trinajstić information content (AvgIpc) is 2.32. The maximum atomic E-state index is 11.4. The number of hydrogen-bond donors (Lipinski definition) is 0. The predicted octanol–water partition coefficient (Wildman–Crippen LogP) is 3.00. The number of Topliss-reactive ketones (excluding diaryl/α,β-unsaturated/α-hetero) is 2. The molecule has 0 bridgehead atoms. The molecule has 0 atom stereocenters. The van der Waals surface area contributed by atoms with E-state index in [1.807, 2.05) is 27.7 Å². The molecule has 0 fully saturated rings. The Balaban J connectivity index is 0.000000220. The van der Waals surface area contributed by atoms with E-state index in [4.69, 9.17) is 0 Å².